The third kappa shape index (κ3) is 2.84. The van der Waals surface area contributed by atoms with Crippen LogP contribution in [0.1, 0.15) is 5.56 Å². The molecule has 21 heavy (non-hydrogen) atoms. The first-order valence-corrected chi connectivity index (χ1v) is 9.51. The van der Waals surface area contributed by atoms with Crippen LogP contribution in [0, 0.1) is 0 Å². The third-order valence-electron chi connectivity index (χ3n) is 4.85. The van der Waals surface area contributed by atoms with E-state index < -0.39 is 7.34 Å². The number of rotatable bonds is 1. The van der Waals surface area contributed by atoms with E-state index in [-0.39, 0.29) is 0 Å². The van der Waals surface area contributed by atoms with Crippen LogP contribution in [0.4, 0.5) is 0 Å². The maximum atomic E-state index is 2.60. The summed E-state index contributed by atoms with van der Waals surface area (Å²) in [4.78, 5) is 2.60. The van der Waals surface area contributed by atoms with Crippen LogP contribution in [0.25, 0.3) is 0 Å². The van der Waals surface area contributed by atoms with Crippen LogP contribution < -0.4 is 0 Å². The Morgan fingerprint density at radius 2 is 1.24 bits per heavy atom. The van der Waals surface area contributed by atoms with Gasteiger partial charge in [-0.15, -0.1) is 0 Å². The largest absolute Gasteiger partial charge is 0.299 e. The van der Waals surface area contributed by atoms with E-state index in [1.807, 2.05) is 0 Å². The molecule has 4 rings (SSSR count). The predicted molar refractivity (Wildman–Crippen MR) is 92.9 cm³/mol. The summed E-state index contributed by atoms with van der Waals surface area (Å²) in [5.41, 5.74) is 1.34. The number of benzene rings is 1. The van der Waals surface area contributed by atoms with Crippen LogP contribution >= 0.6 is 7.34 Å². The fraction of sp³-hybridized carbons (Fsp3) is 0.562. The van der Waals surface area contributed by atoms with E-state index in [9.17, 15) is 0 Å². The minimum atomic E-state index is -1.57. The highest BCUT2D eigenvalue weighted by molar-refractivity contribution is 7.68. The minimum Gasteiger partial charge on any atom is -0.299 e. The van der Waals surface area contributed by atoms with Gasteiger partial charge in [-0.25, -0.2) is 0 Å². The van der Waals surface area contributed by atoms with E-state index in [2.05, 4.69) is 76.2 Å². The zero-order valence-electron chi connectivity index (χ0n) is 13.4. The van der Waals surface area contributed by atoms with Gasteiger partial charge in [-0.2, -0.15) is 0 Å². The molecule has 0 aliphatic carbocycles. The van der Waals surface area contributed by atoms with Crippen molar-refractivity contribution in [3.8, 4) is 0 Å². The van der Waals surface area contributed by atoms with Gasteiger partial charge in [-0.1, -0.05) is 30.3 Å². The highest BCUT2D eigenvalue weighted by Crippen LogP contribution is 2.56. The third-order valence-corrected chi connectivity index (χ3v) is 9.11. The molecule has 1 aromatic carbocycles. The van der Waals surface area contributed by atoms with Crippen molar-refractivity contribution in [2.75, 3.05) is 60.4 Å². The second-order valence-electron chi connectivity index (χ2n) is 6.14. The molecule has 0 atom stereocenters. The summed E-state index contributed by atoms with van der Waals surface area (Å²) in [6.07, 6.45) is 0. The molecule has 5 heteroatoms. The number of fused-ring (bicyclic) bond motifs is 6. The van der Waals surface area contributed by atoms with Crippen molar-refractivity contribution in [1.82, 2.24) is 18.9 Å². The number of nitrogens with zero attached hydrogens (tertiary/aromatic N) is 4. The van der Waals surface area contributed by atoms with Gasteiger partial charge >= 0.3 is 0 Å². The summed E-state index contributed by atoms with van der Waals surface area (Å²) < 4.78 is 7.81. The predicted octanol–water partition coefficient (Wildman–Crippen LogP) is 1.72. The number of likely N-dealkylation sites (N-methyl/N-ethyl adjacent to an activating group) is 3. The van der Waals surface area contributed by atoms with Crippen LogP contribution in [0.5, 0.6) is 0 Å². The van der Waals surface area contributed by atoms with Crippen LogP contribution in [0.2, 0.25) is 0 Å². The van der Waals surface area contributed by atoms with Crippen molar-refractivity contribution in [3.05, 3.63) is 35.9 Å². The highest BCUT2D eigenvalue weighted by Gasteiger charge is 2.36. The van der Waals surface area contributed by atoms with Crippen LogP contribution in [0.15, 0.2) is 30.3 Å². The maximum Gasteiger partial charge on any atom is 0.0815 e. The Kier molecular flexibility index (Phi) is 4.53. The fourth-order valence-corrected chi connectivity index (χ4v) is 7.33. The molecule has 3 aliphatic heterocycles. The van der Waals surface area contributed by atoms with Gasteiger partial charge in [-0.05, 0) is 32.5 Å². The Balaban J connectivity index is 2.12. The first-order valence-electron chi connectivity index (χ1n) is 7.80. The van der Waals surface area contributed by atoms with Gasteiger partial charge < -0.3 is 0 Å². The van der Waals surface area contributed by atoms with E-state index >= 15 is 0 Å². The van der Waals surface area contributed by atoms with E-state index in [1.54, 1.807) is 0 Å². The second kappa shape index (κ2) is 6.23. The molecule has 0 radical (unpaired) electrons. The Hall–Kier alpha value is -0.640. The molecule has 1 aromatic rings. The standard InChI is InChI=1S/C16H27N4P/c1-17-9-12-20-13-10-18(2)21(17,19(3)11-14-20)15-16-7-5-4-6-8-16/h4-8,15H,9-14H2,1-3H3. The maximum absolute atomic E-state index is 2.60. The van der Waals surface area contributed by atoms with Crippen molar-refractivity contribution < 1.29 is 0 Å². The summed E-state index contributed by atoms with van der Waals surface area (Å²) in [5.74, 6) is 2.54. The summed E-state index contributed by atoms with van der Waals surface area (Å²) in [5, 5.41) is 0. The molecule has 4 nitrogen and oxygen atoms in total. The lowest BCUT2D eigenvalue weighted by atomic mass is 10.2. The van der Waals surface area contributed by atoms with Crippen LogP contribution in [-0.2, 0) is 0 Å². The van der Waals surface area contributed by atoms with Crippen molar-refractivity contribution in [1.29, 1.82) is 0 Å². The Bertz CT molecular complexity index is 488. The van der Waals surface area contributed by atoms with E-state index in [0.717, 1.165) is 19.6 Å². The van der Waals surface area contributed by atoms with E-state index in [1.165, 1.54) is 25.2 Å². The molecule has 116 valence electrons. The molecule has 2 bridgehead atoms. The van der Waals surface area contributed by atoms with Gasteiger partial charge in [0.25, 0.3) is 0 Å². The molecule has 3 fully saturated rings. The number of hydrogen-bond acceptors (Lipinski definition) is 4. The molecule has 0 saturated carbocycles. The van der Waals surface area contributed by atoms with Gasteiger partial charge in [0.1, 0.15) is 0 Å². The van der Waals surface area contributed by atoms with Gasteiger partial charge in [0.15, 0.2) is 0 Å². The lowest BCUT2D eigenvalue weighted by molar-refractivity contribution is 0.188. The molecule has 0 unspecified atom stereocenters. The molecule has 0 spiro atoms. The molecule has 3 saturated heterocycles. The topological polar surface area (TPSA) is 13.0 Å². The first-order chi connectivity index (χ1) is 10.1. The fourth-order valence-electron chi connectivity index (χ4n) is 3.45. The zero-order chi connectivity index (χ0) is 14.9. The van der Waals surface area contributed by atoms with Crippen LogP contribution in [0.3, 0.4) is 0 Å². The lowest BCUT2D eigenvalue weighted by Gasteiger charge is -2.52. The second-order valence-corrected chi connectivity index (χ2v) is 9.68. The van der Waals surface area contributed by atoms with Crippen LogP contribution in [-0.4, -0.2) is 85.1 Å². The van der Waals surface area contributed by atoms with Gasteiger partial charge in [-0.3, -0.25) is 18.9 Å². The minimum absolute atomic E-state index is 1.14. The molecule has 0 N–H and O–H groups in total. The summed E-state index contributed by atoms with van der Waals surface area (Å²) in [7, 11) is 5.33. The zero-order valence-corrected chi connectivity index (χ0v) is 14.3. The van der Waals surface area contributed by atoms with Gasteiger partial charge in [0.05, 0.1) is 7.34 Å². The Morgan fingerprint density at radius 1 is 0.762 bits per heavy atom. The van der Waals surface area contributed by atoms with Crippen molar-refractivity contribution in [2.45, 2.75) is 0 Å². The van der Waals surface area contributed by atoms with E-state index in [0.29, 0.717) is 0 Å². The van der Waals surface area contributed by atoms with Crippen molar-refractivity contribution in [3.63, 3.8) is 0 Å². The van der Waals surface area contributed by atoms with Crippen molar-refractivity contribution in [2.24, 2.45) is 0 Å². The molecule has 3 aliphatic rings. The highest BCUT2D eigenvalue weighted by atomic mass is 31.2. The molecular weight excluding hydrogens is 279 g/mol. The lowest BCUT2D eigenvalue weighted by Crippen LogP contribution is -2.51. The average molecular weight is 306 g/mol. The Labute approximate surface area is 129 Å². The SMILES string of the molecule is CN1CCN2CCN(C)P1(=Cc1ccccc1)N(C)CC2. The number of hydrogen-bond donors (Lipinski definition) is 0. The molecular formula is C16H27N4P. The van der Waals surface area contributed by atoms with Crippen molar-refractivity contribution >= 4 is 13.1 Å². The first kappa shape index (κ1) is 15.3. The normalized spacial score (nSPS) is 32.4. The smallest absolute Gasteiger partial charge is 0.0815 e. The van der Waals surface area contributed by atoms with Gasteiger partial charge in [0, 0.05) is 39.3 Å². The summed E-state index contributed by atoms with van der Waals surface area (Å²) in [6, 6.07) is 10.8. The Morgan fingerprint density at radius 3 is 1.71 bits per heavy atom. The summed E-state index contributed by atoms with van der Waals surface area (Å²) in [6.45, 7) is 7.02. The van der Waals surface area contributed by atoms with E-state index in [4.69, 9.17) is 0 Å². The molecule has 3 heterocycles. The quantitative estimate of drug-likeness (QED) is 0.733. The molecule has 0 amide bonds. The summed E-state index contributed by atoms with van der Waals surface area (Å²) >= 11 is 0. The molecule has 0 aromatic heterocycles. The van der Waals surface area contributed by atoms with Gasteiger partial charge in [0.2, 0.25) is 0 Å². The monoisotopic (exact) mass is 306 g/mol. The average Bonchev–Trinajstić information content (AvgIpc) is 2.49.